The maximum absolute atomic E-state index is 12.3. The lowest BCUT2D eigenvalue weighted by Gasteiger charge is -2.14. The Labute approximate surface area is 127 Å². The Morgan fingerprint density at radius 2 is 2.05 bits per heavy atom. The van der Waals surface area contributed by atoms with Gasteiger partial charge in [0.05, 0.1) is 39.8 Å². The van der Waals surface area contributed by atoms with Gasteiger partial charge in [0.15, 0.2) is 12.1 Å². The van der Waals surface area contributed by atoms with Crippen LogP contribution in [0.3, 0.4) is 0 Å². The number of hydrogen-bond acceptors (Lipinski definition) is 5. The Bertz CT molecular complexity index is 448. The SMILES string of the molecule is COC(CCC(=O)c1c(NI)cc(C)nc1C)OC. The van der Waals surface area contributed by atoms with Crippen LogP contribution in [-0.2, 0) is 9.47 Å². The topological polar surface area (TPSA) is 60.5 Å². The smallest absolute Gasteiger partial charge is 0.166 e. The number of halogens is 1. The summed E-state index contributed by atoms with van der Waals surface area (Å²) in [5, 5.41) is 0. The summed E-state index contributed by atoms with van der Waals surface area (Å²) in [6, 6.07) is 1.87. The number of ketones is 1. The quantitative estimate of drug-likeness (QED) is 0.342. The van der Waals surface area contributed by atoms with Crippen LogP contribution in [0.2, 0.25) is 0 Å². The predicted octanol–water partition coefficient (Wildman–Crippen LogP) is 3.04. The third kappa shape index (κ3) is 4.39. The van der Waals surface area contributed by atoms with Gasteiger partial charge in [-0.25, -0.2) is 0 Å². The Balaban J connectivity index is 2.87. The van der Waals surface area contributed by atoms with Gasteiger partial charge in [-0.05, 0) is 19.9 Å². The number of nitrogens with zero attached hydrogens (tertiary/aromatic N) is 1. The molecule has 0 aliphatic carbocycles. The highest BCUT2D eigenvalue weighted by atomic mass is 127. The molecule has 0 saturated heterocycles. The molecule has 0 saturated carbocycles. The lowest BCUT2D eigenvalue weighted by Crippen LogP contribution is -2.16. The summed E-state index contributed by atoms with van der Waals surface area (Å²) in [5.74, 6) is 0.0447. The molecular formula is C13H19IN2O3. The van der Waals surface area contributed by atoms with Gasteiger partial charge in [-0.2, -0.15) is 0 Å². The maximum atomic E-state index is 12.3. The number of Topliss-reactive ketones (excluding diaryl/α,β-unsaturated/α-hetero) is 1. The van der Waals surface area contributed by atoms with E-state index >= 15 is 0 Å². The highest BCUT2D eigenvalue weighted by Crippen LogP contribution is 2.23. The fourth-order valence-electron chi connectivity index (χ4n) is 1.96. The van der Waals surface area contributed by atoms with Crippen LogP contribution in [0.1, 0.15) is 34.6 Å². The van der Waals surface area contributed by atoms with E-state index in [-0.39, 0.29) is 12.1 Å². The van der Waals surface area contributed by atoms with E-state index in [4.69, 9.17) is 9.47 Å². The molecule has 1 N–H and O–H groups in total. The van der Waals surface area contributed by atoms with Crippen molar-refractivity contribution in [3.8, 4) is 0 Å². The number of methoxy groups -OCH3 is 2. The van der Waals surface area contributed by atoms with E-state index in [2.05, 4.69) is 8.51 Å². The summed E-state index contributed by atoms with van der Waals surface area (Å²) in [7, 11) is 3.13. The summed E-state index contributed by atoms with van der Waals surface area (Å²) in [6.07, 6.45) is 0.543. The summed E-state index contributed by atoms with van der Waals surface area (Å²) >= 11 is 2.02. The number of ether oxygens (including phenoxy) is 2. The number of carbonyl (C=O) groups is 1. The van der Waals surface area contributed by atoms with E-state index in [1.165, 1.54) is 0 Å². The number of carbonyl (C=O) groups excluding carboxylic acids is 1. The van der Waals surface area contributed by atoms with Gasteiger partial charge in [0.2, 0.25) is 0 Å². The molecule has 0 bridgehead atoms. The van der Waals surface area contributed by atoms with Gasteiger partial charge in [-0.15, -0.1) is 0 Å². The molecule has 0 spiro atoms. The van der Waals surface area contributed by atoms with Crippen LogP contribution in [0.4, 0.5) is 5.69 Å². The lowest BCUT2D eigenvalue weighted by molar-refractivity contribution is -0.105. The largest absolute Gasteiger partial charge is 0.356 e. The van der Waals surface area contributed by atoms with Gasteiger partial charge < -0.3 is 13.0 Å². The van der Waals surface area contributed by atoms with Crippen molar-refractivity contribution in [2.75, 3.05) is 17.7 Å². The van der Waals surface area contributed by atoms with Gasteiger partial charge >= 0.3 is 0 Å². The monoisotopic (exact) mass is 378 g/mol. The van der Waals surface area contributed by atoms with E-state index in [1.807, 2.05) is 42.8 Å². The normalized spacial score (nSPS) is 10.8. The average Bonchev–Trinajstić information content (AvgIpc) is 2.38. The third-order valence-corrected chi connectivity index (χ3v) is 3.42. The molecule has 0 aromatic carbocycles. The second kappa shape index (κ2) is 7.76. The molecule has 6 heteroatoms. The second-order valence-electron chi connectivity index (χ2n) is 4.23. The molecule has 106 valence electrons. The Morgan fingerprint density at radius 1 is 1.42 bits per heavy atom. The van der Waals surface area contributed by atoms with Crippen LogP contribution in [-0.4, -0.2) is 31.3 Å². The summed E-state index contributed by atoms with van der Waals surface area (Å²) in [6.45, 7) is 3.76. The van der Waals surface area contributed by atoms with Crippen molar-refractivity contribution >= 4 is 34.3 Å². The first-order valence-electron chi connectivity index (χ1n) is 5.97. The molecule has 1 aromatic rings. The van der Waals surface area contributed by atoms with Crippen molar-refractivity contribution in [2.45, 2.75) is 33.0 Å². The van der Waals surface area contributed by atoms with Crippen molar-refractivity contribution in [2.24, 2.45) is 0 Å². The molecule has 0 amide bonds. The molecule has 1 rings (SSSR count). The molecule has 0 atom stereocenters. The van der Waals surface area contributed by atoms with Gasteiger partial charge in [0, 0.05) is 32.8 Å². The number of anilines is 1. The minimum Gasteiger partial charge on any atom is -0.356 e. The summed E-state index contributed by atoms with van der Waals surface area (Å²) in [5.41, 5.74) is 3.09. The standard InChI is InChI=1S/C13H19IN2O3/c1-8-7-10(16-14)13(9(2)15-8)11(17)5-6-12(18-3)19-4/h7,12H,5-6H2,1-4H3,(H,15,16). The third-order valence-electron chi connectivity index (χ3n) is 2.84. The summed E-state index contributed by atoms with van der Waals surface area (Å²) < 4.78 is 13.2. The van der Waals surface area contributed by atoms with Gasteiger partial charge in [-0.3, -0.25) is 9.78 Å². The number of hydrogen-bond donors (Lipinski definition) is 1. The van der Waals surface area contributed by atoms with E-state index in [0.29, 0.717) is 18.4 Å². The van der Waals surface area contributed by atoms with Crippen molar-refractivity contribution in [3.05, 3.63) is 23.0 Å². The van der Waals surface area contributed by atoms with Crippen LogP contribution in [0.25, 0.3) is 0 Å². The van der Waals surface area contributed by atoms with E-state index in [0.717, 1.165) is 17.1 Å². The second-order valence-corrected chi connectivity index (χ2v) is 4.77. The van der Waals surface area contributed by atoms with Crippen molar-refractivity contribution < 1.29 is 14.3 Å². The molecule has 5 nitrogen and oxygen atoms in total. The van der Waals surface area contributed by atoms with Crippen molar-refractivity contribution in [3.63, 3.8) is 0 Å². The molecule has 1 heterocycles. The zero-order valence-corrected chi connectivity index (χ0v) is 13.8. The number of pyridine rings is 1. The molecular weight excluding hydrogens is 359 g/mol. The molecule has 0 fully saturated rings. The minimum atomic E-state index is -0.348. The van der Waals surface area contributed by atoms with Crippen molar-refractivity contribution in [1.29, 1.82) is 0 Å². The van der Waals surface area contributed by atoms with Crippen LogP contribution >= 0.6 is 22.9 Å². The molecule has 19 heavy (non-hydrogen) atoms. The van der Waals surface area contributed by atoms with E-state index < -0.39 is 0 Å². The molecule has 0 aliphatic rings. The number of rotatable bonds is 7. The molecule has 0 unspecified atom stereocenters. The van der Waals surface area contributed by atoms with Crippen LogP contribution in [0.15, 0.2) is 6.07 Å². The van der Waals surface area contributed by atoms with Crippen molar-refractivity contribution in [1.82, 2.24) is 4.98 Å². The number of aromatic nitrogens is 1. The Kier molecular flexibility index (Phi) is 6.67. The maximum Gasteiger partial charge on any atom is 0.166 e. The number of nitrogens with one attached hydrogen (secondary N) is 1. The molecule has 0 aliphatic heterocycles. The molecule has 0 radical (unpaired) electrons. The first-order valence-corrected chi connectivity index (χ1v) is 7.05. The average molecular weight is 378 g/mol. The minimum absolute atomic E-state index is 0.0447. The fourth-order valence-corrected chi connectivity index (χ4v) is 2.39. The Hall–Kier alpha value is -0.730. The predicted molar refractivity (Wildman–Crippen MR) is 82.7 cm³/mol. The fraction of sp³-hybridized carbons (Fsp3) is 0.538. The lowest BCUT2D eigenvalue weighted by atomic mass is 10.0. The zero-order valence-electron chi connectivity index (χ0n) is 11.6. The van der Waals surface area contributed by atoms with Gasteiger partial charge in [0.25, 0.3) is 0 Å². The first-order chi connectivity index (χ1) is 9.03. The Morgan fingerprint density at radius 3 is 2.58 bits per heavy atom. The van der Waals surface area contributed by atoms with Crippen LogP contribution < -0.4 is 3.53 Å². The summed E-state index contributed by atoms with van der Waals surface area (Å²) in [4.78, 5) is 16.6. The van der Waals surface area contributed by atoms with Gasteiger partial charge in [0.1, 0.15) is 0 Å². The highest BCUT2D eigenvalue weighted by molar-refractivity contribution is 14.1. The van der Waals surface area contributed by atoms with Crippen LogP contribution in [0, 0.1) is 13.8 Å². The van der Waals surface area contributed by atoms with Gasteiger partial charge in [-0.1, -0.05) is 0 Å². The highest BCUT2D eigenvalue weighted by Gasteiger charge is 2.17. The van der Waals surface area contributed by atoms with E-state index in [9.17, 15) is 4.79 Å². The van der Waals surface area contributed by atoms with Crippen LogP contribution in [0.5, 0.6) is 0 Å². The number of aryl methyl sites for hydroxylation is 2. The first kappa shape index (κ1) is 16.3. The molecule has 1 aromatic heterocycles. The van der Waals surface area contributed by atoms with E-state index in [1.54, 1.807) is 14.2 Å². The zero-order chi connectivity index (χ0) is 14.4.